The van der Waals surface area contributed by atoms with E-state index < -0.39 is 0 Å². The van der Waals surface area contributed by atoms with Gasteiger partial charge in [0.05, 0.1) is 6.54 Å². The van der Waals surface area contributed by atoms with Gasteiger partial charge >= 0.3 is 5.97 Å². The van der Waals surface area contributed by atoms with Crippen LogP contribution in [0.2, 0.25) is 0 Å². The van der Waals surface area contributed by atoms with Gasteiger partial charge in [0.15, 0.2) is 0 Å². The Labute approximate surface area is 110 Å². The number of rotatable bonds is 8. The van der Waals surface area contributed by atoms with Crippen molar-refractivity contribution in [3.8, 4) is 0 Å². The molecule has 1 saturated heterocycles. The van der Waals surface area contributed by atoms with Crippen LogP contribution < -0.4 is 0 Å². The summed E-state index contributed by atoms with van der Waals surface area (Å²) in [5.41, 5.74) is 0. The highest BCUT2D eigenvalue weighted by molar-refractivity contribution is 5.82. The van der Waals surface area contributed by atoms with E-state index in [-0.39, 0.29) is 18.4 Å². The first kappa shape index (κ1) is 15.0. The second-order valence-corrected chi connectivity index (χ2v) is 4.91. The number of morpholine rings is 1. The molecule has 0 aliphatic carbocycles. The van der Waals surface area contributed by atoms with Crippen molar-refractivity contribution < 1.29 is 14.3 Å². The van der Waals surface area contributed by atoms with Crippen LogP contribution in [-0.4, -0.2) is 36.5 Å². The number of hydrogen-bond donors (Lipinski definition) is 0. The monoisotopic (exact) mass is 255 g/mol. The molecule has 1 fully saturated rings. The van der Waals surface area contributed by atoms with Crippen molar-refractivity contribution in [1.29, 1.82) is 0 Å². The Kier molecular flexibility index (Phi) is 7.46. The fourth-order valence-electron chi connectivity index (χ4n) is 2.15. The van der Waals surface area contributed by atoms with Crippen LogP contribution in [0.1, 0.15) is 58.3 Å². The second kappa shape index (κ2) is 8.95. The van der Waals surface area contributed by atoms with E-state index >= 15 is 0 Å². The third-order valence-corrected chi connectivity index (χ3v) is 3.29. The average Bonchev–Trinajstić information content (AvgIpc) is 2.37. The lowest BCUT2D eigenvalue weighted by Crippen LogP contribution is -2.43. The summed E-state index contributed by atoms with van der Waals surface area (Å²) in [6.07, 6.45) is 9.01. The summed E-state index contributed by atoms with van der Waals surface area (Å²) in [7, 11) is 0. The first-order valence-electron chi connectivity index (χ1n) is 7.17. The molecule has 0 aromatic rings. The van der Waals surface area contributed by atoms with Crippen LogP contribution in [0, 0.1) is 0 Å². The van der Waals surface area contributed by atoms with Crippen molar-refractivity contribution in [2.24, 2.45) is 0 Å². The first-order chi connectivity index (χ1) is 8.74. The number of hydrogen-bond acceptors (Lipinski definition) is 3. The van der Waals surface area contributed by atoms with Crippen molar-refractivity contribution in [3.63, 3.8) is 0 Å². The number of esters is 1. The van der Waals surface area contributed by atoms with E-state index in [1.807, 2.05) is 0 Å². The standard InChI is InChI=1S/C14H25NO3/c1-2-3-4-5-6-7-8-9-13(16)15-10-11-18-14(17)12-15/h2-12H2,1H3. The first-order valence-corrected chi connectivity index (χ1v) is 7.17. The molecule has 0 atom stereocenters. The minimum Gasteiger partial charge on any atom is -0.462 e. The van der Waals surface area contributed by atoms with Crippen molar-refractivity contribution >= 4 is 11.9 Å². The number of ether oxygens (including phenoxy) is 1. The van der Waals surface area contributed by atoms with Gasteiger partial charge in [-0.25, -0.2) is 0 Å². The van der Waals surface area contributed by atoms with Crippen LogP contribution in [0.15, 0.2) is 0 Å². The molecule has 0 N–H and O–H groups in total. The molecule has 1 heterocycles. The molecule has 4 nitrogen and oxygen atoms in total. The summed E-state index contributed by atoms with van der Waals surface area (Å²) < 4.78 is 4.81. The lowest BCUT2D eigenvalue weighted by atomic mass is 10.1. The highest BCUT2D eigenvalue weighted by Crippen LogP contribution is 2.10. The Morgan fingerprint density at radius 1 is 1.17 bits per heavy atom. The van der Waals surface area contributed by atoms with Gasteiger partial charge in [-0.1, -0.05) is 45.4 Å². The molecular formula is C14H25NO3. The van der Waals surface area contributed by atoms with E-state index in [1.54, 1.807) is 4.90 Å². The Hall–Kier alpha value is -1.06. The van der Waals surface area contributed by atoms with Crippen LogP contribution in [0.3, 0.4) is 0 Å². The van der Waals surface area contributed by atoms with Crippen molar-refractivity contribution in [2.45, 2.75) is 58.3 Å². The third-order valence-electron chi connectivity index (χ3n) is 3.29. The van der Waals surface area contributed by atoms with E-state index in [1.165, 1.54) is 32.1 Å². The molecule has 1 rings (SSSR count). The quantitative estimate of drug-likeness (QED) is 0.494. The summed E-state index contributed by atoms with van der Waals surface area (Å²) in [5.74, 6) is -0.186. The molecule has 0 aromatic carbocycles. The largest absolute Gasteiger partial charge is 0.462 e. The highest BCUT2D eigenvalue weighted by atomic mass is 16.5. The molecule has 0 unspecified atom stereocenters. The van der Waals surface area contributed by atoms with Gasteiger partial charge in [0, 0.05) is 6.42 Å². The third kappa shape index (κ3) is 6.03. The molecule has 1 aliphatic heterocycles. The molecular weight excluding hydrogens is 230 g/mol. The zero-order chi connectivity index (χ0) is 13.2. The summed E-state index contributed by atoms with van der Waals surface area (Å²) in [6, 6.07) is 0. The minimum atomic E-state index is -0.283. The fourth-order valence-corrected chi connectivity index (χ4v) is 2.15. The normalized spacial score (nSPS) is 15.6. The number of unbranched alkanes of at least 4 members (excludes halogenated alkanes) is 6. The zero-order valence-electron chi connectivity index (χ0n) is 11.5. The predicted octanol–water partition coefficient (Wildman–Crippen LogP) is 2.51. The van der Waals surface area contributed by atoms with Crippen LogP contribution in [0.4, 0.5) is 0 Å². The Morgan fingerprint density at radius 2 is 1.83 bits per heavy atom. The lowest BCUT2D eigenvalue weighted by Gasteiger charge is -2.25. The molecule has 0 bridgehead atoms. The Bertz CT molecular complexity index is 266. The maximum atomic E-state index is 11.8. The number of amides is 1. The minimum absolute atomic E-state index is 0.0974. The summed E-state index contributed by atoms with van der Waals surface area (Å²) in [4.78, 5) is 24.4. The average molecular weight is 255 g/mol. The number of nitrogens with zero attached hydrogens (tertiary/aromatic N) is 1. The maximum Gasteiger partial charge on any atom is 0.325 e. The Balaban J connectivity index is 2.01. The van der Waals surface area contributed by atoms with Gasteiger partial charge in [0.25, 0.3) is 0 Å². The summed E-state index contributed by atoms with van der Waals surface area (Å²) in [5, 5.41) is 0. The lowest BCUT2D eigenvalue weighted by molar-refractivity contribution is -0.156. The van der Waals surface area contributed by atoms with E-state index in [9.17, 15) is 9.59 Å². The molecule has 4 heteroatoms. The predicted molar refractivity (Wildman–Crippen MR) is 70.1 cm³/mol. The molecule has 18 heavy (non-hydrogen) atoms. The van der Waals surface area contributed by atoms with E-state index in [2.05, 4.69) is 6.92 Å². The molecule has 1 amide bonds. The van der Waals surface area contributed by atoms with E-state index in [0.717, 1.165) is 12.8 Å². The highest BCUT2D eigenvalue weighted by Gasteiger charge is 2.21. The van der Waals surface area contributed by atoms with E-state index in [4.69, 9.17) is 4.74 Å². The summed E-state index contributed by atoms with van der Waals surface area (Å²) in [6.45, 7) is 3.25. The second-order valence-electron chi connectivity index (χ2n) is 4.91. The Morgan fingerprint density at radius 3 is 2.50 bits per heavy atom. The topological polar surface area (TPSA) is 46.6 Å². The van der Waals surface area contributed by atoms with Gasteiger partial charge in [-0.3, -0.25) is 9.59 Å². The molecule has 0 saturated carbocycles. The van der Waals surface area contributed by atoms with Crippen molar-refractivity contribution in [1.82, 2.24) is 4.90 Å². The van der Waals surface area contributed by atoms with Gasteiger partial charge < -0.3 is 9.64 Å². The number of carbonyl (C=O) groups is 2. The SMILES string of the molecule is CCCCCCCCCC(=O)N1CCOC(=O)C1. The van der Waals surface area contributed by atoms with Gasteiger partial charge in [-0.15, -0.1) is 0 Å². The number of carbonyl (C=O) groups excluding carboxylic acids is 2. The van der Waals surface area contributed by atoms with Gasteiger partial charge in [0.2, 0.25) is 5.91 Å². The van der Waals surface area contributed by atoms with Gasteiger partial charge in [-0.05, 0) is 6.42 Å². The smallest absolute Gasteiger partial charge is 0.325 e. The van der Waals surface area contributed by atoms with Crippen molar-refractivity contribution in [2.75, 3.05) is 19.7 Å². The molecule has 0 radical (unpaired) electrons. The van der Waals surface area contributed by atoms with Gasteiger partial charge in [-0.2, -0.15) is 0 Å². The van der Waals surface area contributed by atoms with Crippen molar-refractivity contribution in [3.05, 3.63) is 0 Å². The summed E-state index contributed by atoms with van der Waals surface area (Å²) >= 11 is 0. The molecule has 104 valence electrons. The van der Waals surface area contributed by atoms with Crippen LogP contribution >= 0.6 is 0 Å². The fraction of sp³-hybridized carbons (Fsp3) is 0.857. The van der Waals surface area contributed by atoms with Crippen LogP contribution in [-0.2, 0) is 14.3 Å². The van der Waals surface area contributed by atoms with E-state index in [0.29, 0.717) is 19.6 Å². The van der Waals surface area contributed by atoms with Crippen LogP contribution in [0.25, 0.3) is 0 Å². The molecule has 0 spiro atoms. The van der Waals surface area contributed by atoms with Crippen LogP contribution in [0.5, 0.6) is 0 Å². The maximum absolute atomic E-state index is 11.8. The number of cyclic esters (lactones) is 1. The van der Waals surface area contributed by atoms with Gasteiger partial charge in [0.1, 0.15) is 13.2 Å². The molecule has 0 aromatic heterocycles. The molecule has 1 aliphatic rings. The zero-order valence-corrected chi connectivity index (χ0v) is 11.5.